The van der Waals surface area contributed by atoms with Gasteiger partial charge in [-0.05, 0) is 48.4 Å². The van der Waals surface area contributed by atoms with Crippen LogP contribution in [0.15, 0.2) is 42.5 Å². The van der Waals surface area contributed by atoms with Crippen molar-refractivity contribution in [2.75, 3.05) is 23.5 Å². The Morgan fingerprint density at radius 2 is 1.86 bits per heavy atom. The zero-order valence-electron chi connectivity index (χ0n) is 16.0. The molecule has 0 spiro atoms. The van der Waals surface area contributed by atoms with Gasteiger partial charge in [0.25, 0.3) is 0 Å². The maximum absolute atomic E-state index is 12.9. The molecule has 7 heteroatoms. The van der Waals surface area contributed by atoms with E-state index in [1.807, 2.05) is 30.0 Å². The third-order valence-corrected chi connectivity index (χ3v) is 7.38. The number of aryl methyl sites for hydroxylation is 1. The number of likely N-dealkylation sites (N-methyl/N-ethyl adjacent to an activating group) is 1. The molecule has 0 amide bonds. The molecule has 2 aromatic rings. The first kappa shape index (κ1) is 20.6. The largest absolute Gasteiger partial charge is 0.364 e. The highest BCUT2D eigenvalue weighted by Gasteiger charge is 2.49. The molecule has 0 radical (unpaired) electrons. The van der Waals surface area contributed by atoms with Crippen LogP contribution >= 0.6 is 11.6 Å². The summed E-state index contributed by atoms with van der Waals surface area (Å²) in [7, 11) is -1.98. The Bertz CT molecular complexity index is 1030. The van der Waals surface area contributed by atoms with Crippen LogP contribution in [0.2, 0.25) is 5.02 Å². The normalized spacial score (nSPS) is 21.4. The summed E-state index contributed by atoms with van der Waals surface area (Å²) < 4.78 is 25.8. The molecule has 0 aliphatic carbocycles. The molecule has 0 saturated heterocycles. The number of ketones is 1. The third kappa shape index (κ3) is 3.71. The van der Waals surface area contributed by atoms with Crippen molar-refractivity contribution in [3.63, 3.8) is 0 Å². The van der Waals surface area contributed by atoms with Crippen LogP contribution in [0.4, 0.5) is 5.69 Å². The van der Waals surface area contributed by atoms with Gasteiger partial charge in [0.05, 0.1) is 11.8 Å². The second-order valence-corrected chi connectivity index (χ2v) is 10.1. The SMILES string of the molecule is Cc1ccc2c(c1)N(C)C(C=O)C2(C)CS(=O)(=O)CC(=O)c1ccc(Cl)cc1. The number of benzene rings is 2. The number of sulfone groups is 1. The van der Waals surface area contributed by atoms with Crippen molar-refractivity contribution in [2.45, 2.75) is 25.3 Å². The van der Waals surface area contributed by atoms with Crippen LogP contribution < -0.4 is 4.90 Å². The summed E-state index contributed by atoms with van der Waals surface area (Å²) in [6.07, 6.45) is 0.784. The lowest BCUT2D eigenvalue weighted by molar-refractivity contribution is -0.109. The molecule has 0 aromatic heterocycles. The summed E-state index contributed by atoms with van der Waals surface area (Å²) in [5, 5.41) is 0.474. The summed E-state index contributed by atoms with van der Waals surface area (Å²) in [5.74, 6) is -1.39. The van der Waals surface area contributed by atoms with E-state index in [2.05, 4.69) is 0 Å². The van der Waals surface area contributed by atoms with Gasteiger partial charge in [-0.3, -0.25) is 4.79 Å². The number of nitrogens with zero attached hydrogens (tertiary/aromatic N) is 1. The highest BCUT2D eigenvalue weighted by atomic mass is 35.5. The Morgan fingerprint density at radius 1 is 1.21 bits per heavy atom. The number of carbonyl (C=O) groups is 2. The second-order valence-electron chi connectivity index (χ2n) is 7.59. The maximum atomic E-state index is 12.9. The minimum Gasteiger partial charge on any atom is -0.364 e. The molecule has 0 fully saturated rings. The van der Waals surface area contributed by atoms with Crippen molar-refractivity contribution < 1.29 is 18.0 Å². The van der Waals surface area contributed by atoms with Crippen LogP contribution in [-0.2, 0) is 20.0 Å². The van der Waals surface area contributed by atoms with Crippen molar-refractivity contribution in [3.05, 3.63) is 64.2 Å². The Hall–Kier alpha value is -2.18. The molecule has 0 N–H and O–H groups in total. The van der Waals surface area contributed by atoms with E-state index in [9.17, 15) is 18.0 Å². The first-order valence-electron chi connectivity index (χ1n) is 8.86. The molecule has 1 heterocycles. The number of fused-ring (bicyclic) bond motifs is 1. The number of anilines is 1. The van der Waals surface area contributed by atoms with Crippen molar-refractivity contribution in [3.8, 4) is 0 Å². The minimum atomic E-state index is -3.77. The van der Waals surface area contributed by atoms with Gasteiger partial charge < -0.3 is 9.69 Å². The number of hydrogen-bond donors (Lipinski definition) is 0. The predicted octanol–water partition coefficient (Wildman–Crippen LogP) is 3.22. The van der Waals surface area contributed by atoms with Gasteiger partial charge in [0, 0.05) is 28.7 Å². The maximum Gasteiger partial charge on any atom is 0.177 e. The van der Waals surface area contributed by atoms with Gasteiger partial charge in [-0.15, -0.1) is 0 Å². The molecule has 28 heavy (non-hydrogen) atoms. The zero-order valence-corrected chi connectivity index (χ0v) is 17.5. The number of hydrogen-bond acceptors (Lipinski definition) is 5. The molecule has 1 aliphatic rings. The topological polar surface area (TPSA) is 71.5 Å². The van der Waals surface area contributed by atoms with Crippen LogP contribution in [0.3, 0.4) is 0 Å². The van der Waals surface area contributed by atoms with E-state index in [1.165, 1.54) is 12.1 Å². The number of aldehydes is 1. The summed E-state index contributed by atoms with van der Waals surface area (Å²) >= 11 is 5.82. The van der Waals surface area contributed by atoms with Crippen molar-refractivity contribution in [2.24, 2.45) is 0 Å². The molecule has 3 rings (SSSR count). The average Bonchev–Trinajstić information content (AvgIpc) is 2.80. The van der Waals surface area contributed by atoms with Crippen molar-refractivity contribution in [1.29, 1.82) is 0 Å². The van der Waals surface area contributed by atoms with E-state index in [0.29, 0.717) is 10.6 Å². The fraction of sp³-hybridized carbons (Fsp3) is 0.333. The van der Waals surface area contributed by atoms with Gasteiger partial charge in [-0.25, -0.2) is 8.42 Å². The Kier molecular flexibility index (Phi) is 5.38. The van der Waals surface area contributed by atoms with Gasteiger partial charge in [0.15, 0.2) is 15.6 Å². The van der Waals surface area contributed by atoms with Crippen LogP contribution in [-0.4, -0.2) is 45.1 Å². The lowest BCUT2D eigenvalue weighted by atomic mass is 9.80. The van der Waals surface area contributed by atoms with Gasteiger partial charge in [-0.1, -0.05) is 30.7 Å². The molecule has 5 nitrogen and oxygen atoms in total. The molecule has 2 atom stereocenters. The van der Waals surface area contributed by atoms with Gasteiger partial charge >= 0.3 is 0 Å². The number of rotatable bonds is 6. The van der Waals surface area contributed by atoms with Crippen LogP contribution in [0.25, 0.3) is 0 Å². The highest BCUT2D eigenvalue weighted by molar-refractivity contribution is 7.92. The van der Waals surface area contributed by atoms with E-state index in [1.54, 1.807) is 26.1 Å². The van der Waals surface area contributed by atoms with Gasteiger partial charge in [0.1, 0.15) is 12.0 Å². The molecular formula is C21H22ClNO4S. The first-order valence-corrected chi connectivity index (χ1v) is 11.1. The Balaban J connectivity index is 1.91. The van der Waals surface area contributed by atoms with E-state index in [-0.39, 0.29) is 5.75 Å². The molecule has 0 bridgehead atoms. The van der Waals surface area contributed by atoms with Crippen LogP contribution in [0.5, 0.6) is 0 Å². The highest BCUT2D eigenvalue weighted by Crippen LogP contribution is 2.45. The standard InChI is InChI=1S/C21H22ClNO4S/c1-14-4-9-17-18(10-14)23(3)20(11-24)21(17,2)13-28(26,27)12-19(25)15-5-7-16(22)8-6-15/h4-11,20H,12-13H2,1-3H3. The fourth-order valence-electron chi connectivity index (χ4n) is 3.98. The monoisotopic (exact) mass is 419 g/mol. The van der Waals surface area contributed by atoms with E-state index in [0.717, 1.165) is 23.1 Å². The first-order chi connectivity index (χ1) is 13.1. The Labute approximate surface area is 170 Å². The Morgan fingerprint density at radius 3 is 2.46 bits per heavy atom. The van der Waals surface area contributed by atoms with E-state index in [4.69, 9.17) is 11.6 Å². The molecule has 2 unspecified atom stereocenters. The summed E-state index contributed by atoms with van der Waals surface area (Å²) in [6, 6.07) is 11.2. The molecule has 1 aliphatic heterocycles. The van der Waals surface area contributed by atoms with Gasteiger partial charge in [0.2, 0.25) is 0 Å². The molecular weight excluding hydrogens is 398 g/mol. The predicted molar refractivity (Wildman–Crippen MR) is 111 cm³/mol. The lowest BCUT2D eigenvalue weighted by Crippen LogP contribution is -2.47. The molecule has 2 aromatic carbocycles. The molecule has 0 saturated carbocycles. The van der Waals surface area contributed by atoms with Crippen molar-refractivity contribution in [1.82, 2.24) is 0 Å². The second kappa shape index (κ2) is 7.33. The quantitative estimate of drug-likeness (QED) is 0.531. The number of carbonyl (C=O) groups excluding carboxylic acids is 2. The average molecular weight is 420 g/mol. The van der Waals surface area contributed by atoms with Crippen LogP contribution in [0.1, 0.15) is 28.4 Å². The summed E-state index contributed by atoms with van der Waals surface area (Å²) in [5.41, 5.74) is 2.04. The smallest absolute Gasteiger partial charge is 0.177 e. The van der Waals surface area contributed by atoms with Crippen LogP contribution in [0, 0.1) is 6.92 Å². The summed E-state index contributed by atoms with van der Waals surface area (Å²) in [6.45, 7) is 3.72. The fourth-order valence-corrected chi connectivity index (χ4v) is 6.02. The lowest BCUT2D eigenvalue weighted by Gasteiger charge is -2.31. The number of Topliss-reactive ketones (excluding diaryl/α,β-unsaturated/α-hetero) is 1. The number of halogens is 1. The van der Waals surface area contributed by atoms with Crippen molar-refractivity contribution >= 4 is 39.2 Å². The van der Waals surface area contributed by atoms with E-state index < -0.39 is 32.8 Å². The zero-order chi connectivity index (χ0) is 20.7. The van der Waals surface area contributed by atoms with E-state index >= 15 is 0 Å². The molecule has 148 valence electrons. The third-order valence-electron chi connectivity index (χ3n) is 5.38. The van der Waals surface area contributed by atoms with Gasteiger partial charge in [-0.2, -0.15) is 0 Å². The summed E-state index contributed by atoms with van der Waals surface area (Å²) in [4.78, 5) is 26.1. The minimum absolute atomic E-state index is 0.289.